The Bertz CT molecular complexity index is 710. The van der Waals surface area contributed by atoms with Crippen LogP contribution in [0.15, 0.2) is 23.1 Å². The van der Waals surface area contributed by atoms with Crippen molar-refractivity contribution in [1.82, 2.24) is 4.72 Å². The van der Waals surface area contributed by atoms with Crippen molar-refractivity contribution in [3.8, 4) is 0 Å². The second-order valence-corrected chi connectivity index (χ2v) is 8.05. The second-order valence-electron chi connectivity index (χ2n) is 6.36. The first-order valence-corrected chi connectivity index (χ1v) is 9.86. The molecule has 0 spiro atoms. The molecule has 1 amide bonds. The number of carbonyl (C=O) groups is 1. The lowest BCUT2D eigenvalue weighted by Crippen LogP contribution is -2.39. The van der Waals surface area contributed by atoms with Crippen molar-refractivity contribution in [2.24, 2.45) is 0 Å². The van der Waals surface area contributed by atoms with Crippen molar-refractivity contribution in [3.63, 3.8) is 0 Å². The Balaban J connectivity index is 1.59. The number of amides is 1. The van der Waals surface area contributed by atoms with Gasteiger partial charge in [0.05, 0.1) is 17.6 Å². The zero-order valence-electron chi connectivity index (χ0n) is 13.8. The number of nitrogens with one attached hydrogen (secondary N) is 1. The summed E-state index contributed by atoms with van der Waals surface area (Å²) in [6, 6.07) is 5.05. The molecule has 0 saturated carbocycles. The monoisotopic (exact) mass is 353 g/mol. The molecule has 24 heavy (non-hydrogen) atoms. The minimum atomic E-state index is -3.87. The molecule has 1 N–H and O–H groups in total. The van der Waals surface area contributed by atoms with Gasteiger partial charge in [0, 0.05) is 6.61 Å². The van der Waals surface area contributed by atoms with Crippen molar-refractivity contribution in [3.05, 3.63) is 29.3 Å². The van der Waals surface area contributed by atoms with E-state index in [4.69, 9.17) is 9.47 Å². The summed E-state index contributed by atoms with van der Waals surface area (Å²) in [5, 5.41) is 0. The van der Waals surface area contributed by atoms with Crippen molar-refractivity contribution in [1.29, 1.82) is 0 Å². The first kappa shape index (κ1) is 17.4. The summed E-state index contributed by atoms with van der Waals surface area (Å²) in [5.41, 5.74) is 2.24. The van der Waals surface area contributed by atoms with E-state index in [0.717, 1.165) is 37.7 Å². The molecule has 0 bridgehead atoms. The zero-order valence-corrected chi connectivity index (χ0v) is 14.6. The summed E-state index contributed by atoms with van der Waals surface area (Å²) in [4.78, 5) is 12.2. The minimum Gasteiger partial charge on any atom is -0.376 e. The third kappa shape index (κ3) is 3.96. The molecular weight excluding hydrogens is 330 g/mol. The van der Waals surface area contributed by atoms with Gasteiger partial charge in [-0.25, -0.2) is 13.1 Å². The van der Waals surface area contributed by atoms with Gasteiger partial charge in [0.15, 0.2) is 0 Å². The van der Waals surface area contributed by atoms with Gasteiger partial charge in [0.1, 0.15) is 6.10 Å². The molecule has 1 fully saturated rings. The van der Waals surface area contributed by atoms with Crippen LogP contribution in [0, 0.1) is 0 Å². The quantitative estimate of drug-likeness (QED) is 0.839. The van der Waals surface area contributed by atoms with Crippen LogP contribution in [0.4, 0.5) is 0 Å². The maximum Gasteiger partial charge on any atom is 0.264 e. The van der Waals surface area contributed by atoms with E-state index in [1.165, 1.54) is 5.56 Å². The van der Waals surface area contributed by atoms with Crippen LogP contribution in [-0.2, 0) is 37.1 Å². The van der Waals surface area contributed by atoms with Crippen LogP contribution >= 0.6 is 0 Å². The molecule has 1 aliphatic heterocycles. The maximum atomic E-state index is 12.4. The topological polar surface area (TPSA) is 81.7 Å². The third-order valence-corrected chi connectivity index (χ3v) is 5.89. The fourth-order valence-corrected chi connectivity index (χ4v) is 4.19. The van der Waals surface area contributed by atoms with Crippen LogP contribution in [0.5, 0.6) is 0 Å². The molecule has 0 unspecified atom stereocenters. The first-order chi connectivity index (χ1) is 11.5. The number of hydrogen-bond acceptors (Lipinski definition) is 5. The van der Waals surface area contributed by atoms with Gasteiger partial charge in [0.2, 0.25) is 0 Å². The highest BCUT2D eigenvalue weighted by molar-refractivity contribution is 7.90. The van der Waals surface area contributed by atoms with E-state index in [1.807, 2.05) is 6.07 Å². The Labute approximate surface area is 142 Å². The number of hydrogen-bond donors (Lipinski definition) is 1. The average Bonchev–Trinajstić information content (AvgIpc) is 3.22. The van der Waals surface area contributed by atoms with Gasteiger partial charge in [-0.2, -0.15) is 0 Å². The molecular formula is C17H23NO5S. The SMILES string of the molecule is C[C@@H](OC[C@@H]1CCCO1)C(=O)NS(=O)(=O)c1ccc2c(c1)CCC2. The third-order valence-electron chi connectivity index (χ3n) is 4.54. The van der Waals surface area contributed by atoms with Gasteiger partial charge in [-0.05, 0) is 62.3 Å². The van der Waals surface area contributed by atoms with Crippen molar-refractivity contribution < 1.29 is 22.7 Å². The molecule has 1 heterocycles. The van der Waals surface area contributed by atoms with Crippen LogP contribution in [-0.4, -0.2) is 39.7 Å². The van der Waals surface area contributed by atoms with Gasteiger partial charge in [-0.15, -0.1) is 0 Å². The van der Waals surface area contributed by atoms with Gasteiger partial charge >= 0.3 is 0 Å². The summed E-state index contributed by atoms with van der Waals surface area (Å²) >= 11 is 0. The second kappa shape index (κ2) is 7.21. The van der Waals surface area contributed by atoms with Crippen molar-refractivity contribution >= 4 is 15.9 Å². The number of ether oxygens (including phenoxy) is 2. The Kier molecular flexibility index (Phi) is 5.22. The lowest BCUT2D eigenvalue weighted by molar-refractivity contribution is -0.131. The minimum absolute atomic E-state index is 0.00596. The molecule has 2 atom stereocenters. The highest BCUT2D eigenvalue weighted by Gasteiger charge is 2.25. The average molecular weight is 353 g/mol. The van der Waals surface area contributed by atoms with Gasteiger partial charge in [-0.1, -0.05) is 6.07 Å². The molecule has 1 saturated heterocycles. The molecule has 132 valence electrons. The van der Waals surface area contributed by atoms with Crippen molar-refractivity contribution in [2.45, 2.75) is 56.1 Å². The zero-order chi connectivity index (χ0) is 17.2. The van der Waals surface area contributed by atoms with Gasteiger partial charge in [0.25, 0.3) is 15.9 Å². The first-order valence-electron chi connectivity index (χ1n) is 8.37. The molecule has 6 nitrogen and oxygen atoms in total. The predicted octanol–water partition coefficient (Wildman–Crippen LogP) is 1.56. The van der Waals surface area contributed by atoms with E-state index in [1.54, 1.807) is 19.1 Å². The number of aryl methyl sites for hydroxylation is 2. The van der Waals surface area contributed by atoms with E-state index < -0.39 is 22.0 Å². The normalized spacial score (nSPS) is 21.5. The lowest BCUT2D eigenvalue weighted by Gasteiger charge is -2.16. The summed E-state index contributed by atoms with van der Waals surface area (Å²) in [6.07, 6.45) is 3.94. The Hall–Kier alpha value is -1.44. The van der Waals surface area contributed by atoms with E-state index in [-0.39, 0.29) is 11.0 Å². The largest absolute Gasteiger partial charge is 0.376 e. The summed E-state index contributed by atoms with van der Waals surface area (Å²) < 4.78 is 37.8. The summed E-state index contributed by atoms with van der Waals surface area (Å²) in [6.45, 7) is 2.55. The molecule has 0 radical (unpaired) electrons. The van der Waals surface area contributed by atoms with Crippen LogP contribution in [0.2, 0.25) is 0 Å². The number of sulfonamides is 1. The molecule has 2 aliphatic rings. The summed E-state index contributed by atoms with van der Waals surface area (Å²) in [5.74, 6) is -0.659. The molecule has 7 heteroatoms. The molecule has 1 aromatic carbocycles. The van der Waals surface area contributed by atoms with E-state index >= 15 is 0 Å². The highest BCUT2D eigenvalue weighted by Crippen LogP contribution is 2.24. The maximum absolute atomic E-state index is 12.4. The number of benzene rings is 1. The van der Waals surface area contributed by atoms with Crippen LogP contribution in [0.25, 0.3) is 0 Å². The predicted molar refractivity (Wildman–Crippen MR) is 88.2 cm³/mol. The standard InChI is InChI=1S/C17H23NO5S/c1-12(23-11-15-6-3-9-22-15)17(19)18-24(20,21)16-8-7-13-4-2-5-14(13)10-16/h7-8,10,12,15H,2-6,9,11H2,1H3,(H,18,19)/t12-,15+/m1/s1. The van der Waals surface area contributed by atoms with Gasteiger partial charge < -0.3 is 9.47 Å². The fourth-order valence-electron chi connectivity index (χ4n) is 3.09. The van der Waals surface area contributed by atoms with Crippen LogP contribution < -0.4 is 4.72 Å². The molecule has 3 rings (SSSR count). The summed E-state index contributed by atoms with van der Waals surface area (Å²) in [7, 11) is -3.87. The molecule has 1 aromatic rings. The smallest absolute Gasteiger partial charge is 0.264 e. The molecule has 0 aromatic heterocycles. The molecule has 1 aliphatic carbocycles. The Morgan fingerprint density at radius 2 is 2.12 bits per heavy atom. The Morgan fingerprint density at radius 3 is 2.88 bits per heavy atom. The van der Waals surface area contributed by atoms with Crippen molar-refractivity contribution in [2.75, 3.05) is 13.2 Å². The number of carbonyl (C=O) groups excluding carboxylic acids is 1. The van der Waals surface area contributed by atoms with E-state index in [0.29, 0.717) is 13.2 Å². The number of fused-ring (bicyclic) bond motifs is 1. The number of rotatable bonds is 6. The van der Waals surface area contributed by atoms with Crippen LogP contribution in [0.3, 0.4) is 0 Å². The lowest BCUT2D eigenvalue weighted by atomic mass is 10.1. The highest BCUT2D eigenvalue weighted by atomic mass is 32.2. The van der Waals surface area contributed by atoms with E-state index in [2.05, 4.69) is 4.72 Å². The van der Waals surface area contributed by atoms with E-state index in [9.17, 15) is 13.2 Å². The van der Waals surface area contributed by atoms with Crippen LogP contribution in [0.1, 0.15) is 37.3 Å². The fraction of sp³-hybridized carbons (Fsp3) is 0.588. The Morgan fingerprint density at radius 1 is 1.33 bits per heavy atom. The van der Waals surface area contributed by atoms with Gasteiger partial charge in [-0.3, -0.25) is 4.79 Å².